The molecule has 0 aliphatic rings. The van der Waals surface area contributed by atoms with Crippen molar-refractivity contribution in [2.24, 2.45) is 0 Å². The summed E-state index contributed by atoms with van der Waals surface area (Å²) in [5, 5.41) is 10.1. The van der Waals surface area contributed by atoms with Crippen molar-refractivity contribution < 1.29 is 14.6 Å². The Bertz CT molecular complexity index is 416. The van der Waals surface area contributed by atoms with Gasteiger partial charge < -0.3 is 9.84 Å². The minimum Gasteiger partial charge on any atom is -0.507 e. The molecule has 1 N–H and O–H groups in total. The van der Waals surface area contributed by atoms with Crippen molar-refractivity contribution in [1.82, 2.24) is 0 Å². The van der Waals surface area contributed by atoms with Crippen molar-refractivity contribution in [3.05, 3.63) is 23.3 Å². The van der Waals surface area contributed by atoms with Crippen LogP contribution >= 0.6 is 12.6 Å². The smallest absolute Gasteiger partial charge is 0.163 e. The topological polar surface area (TPSA) is 46.5 Å². The Labute approximate surface area is 114 Å². The van der Waals surface area contributed by atoms with Crippen LogP contribution in [0.2, 0.25) is 0 Å². The van der Waals surface area contributed by atoms with Crippen molar-refractivity contribution in [2.75, 3.05) is 12.4 Å². The third-order valence-corrected chi connectivity index (χ3v) is 2.95. The Hall–Kier alpha value is -1.16. The predicted molar refractivity (Wildman–Crippen MR) is 74.7 cm³/mol. The number of rotatable bonds is 7. The minimum atomic E-state index is -0.137. The molecule has 1 rings (SSSR count). The van der Waals surface area contributed by atoms with Crippen molar-refractivity contribution in [1.29, 1.82) is 0 Å². The summed E-state index contributed by atoms with van der Waals surface area (Å²) in [6.07, 6.45) is 2.37. The van der Waals surface area contributed by atoms with Gasteiger partial charge in [-0.1, -0.05) is 26.0 Å². The lowest BCUT2D eigenvalue weighted by Gasteiger charge is -2.14. The number of phenolic OH excluding ortho intramolecular Hbond substituents is 1. The molecule has 0 heterocycles. The number of carbonyl (C=O) groups excluding carboxylic acids is 1. The second-order valence-corrected chi connectivity index (χ2v) is 4.56. The van der Waals surface area contributed by atoms with Crippen LogP contribution in [0.15, 0.2) is 12.1 Å². The first kappa shape index (κ1) is 14.9. The Morgan fingerprint density at radius 2 is 2.17 bits per heavy atom. The van der Waals surface area contributed by atoms with Crippen LogP contribution in [-0.2, 0) is 6.42 Å². The highest BCUT2D eigenvalue weighted by Gasteiger charge is 2.15. The molecule has 0 aliphatic heterocycles. The Kier molecular flexibility index (Phi) is 6.05. The van der Waals surface area contributed by atoms with E-state index in [1.54, 1.807) is 12.1 Å². The fourth-order valence-corrected chi connectivity index (χ4v) is 1.89. The van der Waals surface area contributed by atoms with E-state index < -0.39 is 0 Å². The molecule has 0 saturated heterocycles. The van der Waals surface area contributed by atoms with Gasteiger partial charge in [-0.25, -0.2) is 0 Å². The Balaban J connectivity index is 3.02. The van der Waals surface area contributed by atoms with Crippen LogP contribution in [0.3, 0.4) is 0 Å². The van der Waals surface area contributed by atoms with Crippen LogP contribution < -0.4 is 4.74 Å². The molecular weight excluding hydrogens is 248 g/mol. The monoisotopic (exact) mass is 267 g/mol. The van der Waals surface area contributed by atoms with Gasteiger partial charge in [-0.3, -0.25) is 4.79 Å². The molecule has 0 aliphatic carbocycles. The highest BCUT2D eigenvalue weighted by Crippen LogP contribution is 2.33. The van der Waals surface area contributed by atoms with E-state index in [1.807, 2.05) is 6.92 Å². The number of ketones is 1. The second-order valence-electron chi connectivity index (χ2n) is 4.15. The lowest BCUT2D eigenvalue weighted by Crippen LogP contribution is -2.03. The number of phenols is 1. The van der Waals surface area contributed by atoms with E-state index in [9.17, 15) is 9.90 Å². The molecule has 0 saturated carbocycles. The molecular formula is C14H19O3S. The SMILES string of the molecule is CCCc1c(OCCC[S])ccc(C(C)=O)c1O. The molecule has 0 aromatic heterocycles. The third-order valence-electron chi connectivity index (χ3n) is 2.67. The fourth-order valence-electron chi connectivity index (χ4n) is 1.77. The highest BCUT2D eigenvalue weighted by atomic mass is 32.1. The summed E-state index contributed by atoms with van der Waals surface area (Å²) < 4.78 is 5.61. The first-order chi connectivity index (χ1) is 8.61. The number of hydrogen-bond donors (Lipinski definition) is 1. The predicted octanol–water partition coefficient (Wildman–Crippen LogP) is 3.51. The maximum absolute atomic E-state index is 11.4. The summed E-state index contributed by atoms with van der Waals surface area (Å²) >= 11 is 4.86. The first-order valence-corrected chi connectivity index (χ1v) is 6.76. The van der Waals surface area contributed by atoms with Gasteiger partial charge in [0.05, 0.1) is 12.2 Å². The van der Waals surface area contributed by atoms with E-state index in [-0.39, 0.29) is 11.5 Å². The van der Waals surface area contributed by atoms with Crippen molar-refractivity contribution in [3.63, 3.8) is 0 Å². The fraction of sp³-hybridized carbons (Fsp3) is 0.500. The van der Waals surface area contributed by atoms with Gasteiger partial charge in [-0.15, -0.1) is 0 Å². The van der Waals surface area contributed by atoms with E-state index >= 15 is 0 Å². The van der Waals surface area contributed by atoms with Gasteiger partial charge in [0.2, 0.25) is 0 Å². The summed E-state index contributed by atoms with van der Waals surface area (Å²) in [5.41, 5.74) is 1.07. The summed E-state index contributed by atoms with van der Waals surface area (Å²) in [6.45, 7) is 4.01. The van der Waals surface area contributed by atoms with Gasteiger partial charge in [0, 0.05) is 11.3 Å². The van der Waals surface area contributed by atoms with Gasteiger partial charge in [-0.2, -0.15) is 0 Å². The summed E-state index contributed by atoms with van der Waals surface area (Å²) in [6, 6.07) is 3.37. The largest absolute Gasteiger partial charge is 0.507 e. The van der Waals surface area contributed by atoms with E-state index in [0.29, 0.717) is 30.1 Å². The van der Waals surface area contributed by atoms with E-state index in [1.165, 1.54) is 6.92 Å². The van der Waals surface area contributed by atoms with E-state index in [2.05, 4.69) is 0 Å². The molecule has 1 radical (unpaired) electrons. The molecule has 4 heteroatoms. The molecule has 0 spiro atoms. The molecule has 0 unspecified atom stereocenters. The van der Waals surface area contributed by atoms with Crippen LogP contribution in [0.5, 0.6) is 11.5 Å². The number of aromatic hydroxyl groups is 1. The maximum Gasteiger partial charge on any atom is 0.163 e. The highest BCUT2D eigenvalue weighted by molar-refractivity contribution is 7.80. The first-order valence-electron chi connectivity index (χ1n) is 6.18. The summed E-state index contributed by atoms with van der Waals surface area (Å²) in [4.78, 5) is 11.4. The van der Waals surface area contributed by atoms with Crippen LogP contribution in [-0.4, -0.2) is 23.2 Å². The number of hydrogen-bond acceptors (Lipinski definition) is 3. The lowest BCUT2D eigenvalue weighted by molar-refractivity contribution is 0.101. The Morgan fingerprint density at radius 1 is 1.44 bits per heavy atom. The van der Waals surface area contributed by atoms with E-state index in [0.717, 1.165) is 18.4 Å². The molecule has 0 fully saturated rings. The molecule has 3 nitrogen and oxygen atoms in total. The molecule has 1 aromatic rings. The average molecular weight is 267 g/mol. The maximum atomic E-state index is 11.4. The van der Waals surface area contributed by atoms with Crippen molar-refractivity contribution in [3.8, 4) is 11.5 Å². The second kappa shape index (κ2) is 7.31. The van der Waals surface area contributed by atoms with Crippen LogP contribution in [0.1, 0.15) is 42.6 Å². The molecule has 0 atom stereocenters. The van der Waals surface area contributed by atoms with Crippen molar-refractivity contribution >= 4 is 18.4 Å². The van der Waals surface area contributed by atoms with Crippen LogP contribution in [0.4, 0.5) is 0 Å². The number of Topliss-reactive ketones (excluding diaryl/α,β-unsaturated/α-hetero) is 1. The summed E-state index contributed by atoms with van der Waals surface area (Å²) in [7, 11) is 0. The van der Waals surface area contributed by atoms with Crippen molar-refractivity contribution in [2.45, 2.75) is 33.1 Å². The quantitative estimate of drug-likeness (QED) is 0.607. The van der Waals surface area contributed by atoms with Gasteiger partial charge >= 0.3 is 0 Å². The average Bonchev–Trinajstić information content (AvgIpc) is 2.33. The van der Waals surface area contributed by atoms with Gasteiger partial charge in [-0.05, 0) is 31.9 Å². The minimum absolute atomic E-state index is 0.0558. The molecule has 0 bridgehead atoms. The van der Waals surface area contributed by atoms with Gasteiger partial charge in [0.25, 0.3) is 0 Å². The lowest BCUT2D eigenvalue weighted by atomic mass is 10.0. The molecule has 99 valence electrons. The summed E-state index contributed by atoms with van der Waals surface area (Å²) in [5.74, 6) is 1.23. The standard InChI is InChI=1S/C14H19O3S/c1-3-5-12-13(17-8-4-9-18)7-6-11(10(2)15)14(12)16/h6-7,16H,3-5,8-9H2,1-2H3. The zero-order chi connectivity index (χ0) is 13.5. The third kappa shape index (κ3) is 3.67. The number of ether oxygens (including phenoxy) is 1. The molecule has 0 amide bonds. The van der Waals surface area contributed by atoms with Gasteiger partial charge in [0.1, 0.15) is 11.5 Å². The number of carbonyl (C=O) groups is 1. The van der Waals surface area contributed by atoms with Gasteiger partial charge in [0.15, 0.2) is 5.78 Å². The zero-order valence-electron chi connectivity index (χ0n) is 10.9. The number of benzene rings is 1. The molecule has 18 heavy (non-hydrogen) atoms. The van der Waals surface area contributed by atoms with Crippen LogP contribution in [0.25, 0.3) is 0 Å². The Morgan fingerprint density at radius 3 is 2.72 bits per heavy atom. The van der Waals surface area contributed by atoms with Crippen LogP contribution in [0, 0.1) is 0 Å². The molecule has 1 aromatic carbocycles. The normalized spacial score (nSPS) is 10.4. The zero-order valence-corrected chi connectivity index (χ0v) is 11.7. The van der Waals surface area contributed by atoms with E-state index in [4.69, 9.17) is 17.4 Å².